The van der Waals surface area contributed by atoms with E-state index in [1.165, 1.54) is 24.3 Å². The number of hydrogen-bond acceptors (Lipinski definition) is 6. The summed E-state index contributed by atoms with van der Waals surface area (Å²) in [4.78, 5) is 34.0. The molecule has 0 aliphatic heterocycles. The fourth-order valence-corrected chi connectivity index (χ4v) is 1.92. The summed E-state index contributed by atoms with van der Waals surface area (Å²) >= 11 is 0. The molecule has 1 heterocycles. The Morgan fingerprint density at radius 2 is 2.18 bits per heavy atom. The number of aliphatic hydroxyl groups is 1. The molecule has 0 bridgehead atoms. The summed E-state index contributed by atoms with van der Waals surface area (Å²) in [5.41, 5.74) is -1.12. The van der Waals surface area contributed by atoms with Crippen LogP contribution in [-0.4, -0.2) is 28.6 Å². The Bertz CT molecular complexity index is 778. The number of carbonyl (C=O) groups excluding carboxylic acids is 1. The summed E-state index contributed by atoms with van der Waals surface area (Å²) < 4.78 is 5.00. The van der Waals surface area contributed by atoms with E-state index in [1.54, 1.807) is 6.92 Å². The maximum atomic E-state index is 12.0. The van der Waals surface area contributed by atoms with E-state index in [9.17, 15) is 19.7 Å². The number of nitro benzene ring substituents is 1. The van der Waals surface area contributed by atoms with Crippen LogP contribution in [0.3, 0.4) is 0 Å². The van der Waals surface area contributed by atoms with E-state index in [1.807, 2.05) is 0 Å². The number of fused-ring (bicyclic) bond motifs is 1. The molecule has 116 valence electrons. The second kappa shape index (κ2) is 6.35. The largest absolute Gasteiger partial charge is 0.422 e. The van der Waals surface area contributed by atoms with Crippen LogP contribution in [0.4, 0.5) is 5.69 Å². The Balaban J connectivity index is 2.45. The van der Waals surface area contributed by atoms with E-state index >= 15 is 0 Å². The van der Waals surface area contributed by atoms with Crippen molar-refractivity contribution in [2.45, 2.75) is 19.4 Å². The Labute approximate surface area is 124 Å². The van der Waals surface area contributed by atoms with Gasteiger partial charge < -0.3 is 14.8 Å². The van der Waals surface area contributed by atoms with Crippen molar-refractivity contribution in [3.63, 3.8) is 0 Å². The molecule has 1 amide bonds. The molecular weight excluding hydrogens is 292 g/mol. The van der Waals surface area contributed by atoms with E-state index in [0.717, 1.165) is 0 Å². The predicted molar refractivity (Wildman–Crippen MR) is 77.8 cm³/mol. The van der Waals surface area contributed by atoms with E-state index in [-0.39, 0.29) is 28.8 Å². The van der Waals surface area contributed by atoms with Crippen molar-refractivity contribution in [1.82, 2.24) is 5.32 Å². The van der Waals surface area contributed by atoms with Crippen LogP contribution in [-0.2, 0) is 0 Å². The molecule has 1 aromatic carbocycles. The van der Waals surface area contributed by atoms with E-state index in [0.29, 0.717) is 6.42 Å². The zero-order valence-corrected chi connectivity index (χ0v) is 11.7. The molecule has 0 aliphatic rings. The Morgan fingerprint density at radius 1 is 1.45 bits per heavy atom. The van der Waals surface area contributed by atoms with Crippen molar-refractivity contribution in [3.05, 3.63) is 50.4 Å². The van der Waals surface area contributed by atoms with E-state index in [2.05, 4.69) is 5.32 Å². The van der Waals surface area contributed by atoms with Gasteiger partial charge in [0, 0.05) is 17.5 Å². The summed E-state index contributed by atoms with van der Waals surface area (Å²) in [5.74, 6) is -0.692. The number of non-ortho nitro benzene ring substituents is 1. The lowest BCUT2D eigenvalue weighted by Crippen LogP contribution is -2.38. The van der Waals surface area contributed by atoms with E-state index < -0.39 is 22.5 Å². The minimum atomic E-state index is -0.841. The SMILES string of the molecule is CC[C@H](CO)NC(=O)c1cc2cc([N+](=O)[O-])ccc2oc1=O. The average Bonchev–Trinajstić information content (AvgIpc) is 2.51. The lowest BCUT2D eigenvalue weighted by atomic mass is 10.1. The van der Waals surface area contributed by atoms with Crippen molar-refractivity contribution in [2.24, 2.45) is 0 Å². The zero-order chi connectivity index (χ0) is 16.3. The summed E-state index contributed by atoms with van der Waals surface area (Å²) in [7, 11) is 0. The topological polar surface area (TPSA) is 123 Å². The molecule has 22 heavy (non-hydrogen) atoms. The first kappa shape index (κ1) is 15.6. The van der Waals surface area contributed by atoms with Gasteiger partial charge in [-0.25, -0.2) is 4.79 Å². The van der Waals surface area contributed by atoms with Crippen LogP contribution >= 0.6 is 0 Å². The minimum absolute atomic E-state index is 0.154. The highest BCUT2D eigenvalue weighted by atomic mass is 16.6. The fraction of sp³-hybridized carbons (Fsp3) is 0.286. The number of hydrogen-bond donors (Lipinski definition) is 2. The van der Waals surface area contributed by atoms with Gasteiger partial charge in [0.15, 0.2) is 0 Å². The molecule has 8 nitrogen and oxygen atoms in total. The number of nitro groups is 1. The number of nitrogens with one attached hydrogen (secondary N) is 1. The highest BCUT2D eigenvalue weighted by Gasteiger charge is 2.18. The number of rotatable bonds is 5. The number of nitrogens with zero attached hydrogens (tertiary/aromatic N) is 1. The molecule has 2 aromatic rings. The monoisotopic (exact) mass is 306 g/mol. The summed E-state index contributed by atoms with van der Waals surface area (Å²) in [6.45, 7) is 1.51. The van der Waals surface area contributed by atoms with Gasteiger partial charge in [0.1, 0.15) is 11.1 Å². The van der Waals surface area contributed by atoms with Crippen molar-refractivity contribution in [2.75, 3.05) is 6.61 Å². The van der Waals surface area contributed by atoms with Gasteiger partial charge in [-0.2, -0.15) is 0 Å². The maximum absolute atomic E-state index is 12.0. The van der Waals surface area contributed by atoms with Gasteiger partial charge >= 0.3 is 5.63 Å². The third-order valence-corrected chi connectivity index (χ3v) is 3.22. The first-order valence-corrected chi connectivity index (χ1v) is 6.60. The number of amides is 1. The fourth-order valence-electron chi connectivity index (χ4n) is 1.92. The normalized spacial score (nSPS) is 12.1. The maximum Gasteiger partial charge on any atom is 0.349 e. The van der Waals surface area contributed by atoms with Crippen molar-refractivity contribution >= 4 is 22.6 Å². The van der Waals surface area contributed by atoms with Gasteiger partial charge in [-0.15, -0.1) is 0 Å². The van der Waals surface area contributed by atoms with Crippen LogP contribution in [0.25, 0.3) is 11.0 Å². The third-order valence-electron chi connectivity index (χ3n) is 3.22. The molecule has 0 saturated heterocycles. The van der Waals surface area contributed by atoms with Gasteiger partial charge in [0.05, 0.1) is 17.6 Å². The number of benzene rings is 1. The molecule has 0 spiro atoms. The smallest absolute Gasteiger partial charge is 0.349 e. The molecule has 1 aromatic heterocycles. The lowest BCUT2D eigenvalue weighted by Gasteiger charge is -2.13. The van der Waals surface area contributed by atoms with Gasteiger partial charge in [-0.1, -0.05) is 6.92 Å². The first-order valence-electron chi connectivity index (χ1n) is 6.60. The first-order chi connectivity index (χ1) is 10.5. The van der Waals surface area contributed by atoms with Crippen LogP contribution in [0.5, 0.6) is 0 Å². The van der Waals surface area contributed by atoms with Crippen LogP contribution < -0.4 is 10.9 Å². The summed E-state index contributed by atoms with van der Waals surface area (Å²) in [6.07, 6.45) is 0.493. The predicted octanol–water partition coefficient (Wildman–Crippen LogP) is 1.20. The Kier molecular flexibility index (Phi) is 4.52. The van der Waals surface area contributed by atoms with Crippen molar-refractivity contribution in [3.8, 4) is 0 Å². The molecule has 0 radical (unpaired) electrons. The second-order valence-corrected chi connectivity index (χ2v) is 4.69. The molecule has 2 N–H and O–H groups in total. The molecule has 0 fully saturated rings. The molecular formula is C14H14N2O6. The highest BCUT2D eigenvalue weighted by Crippen LogP contribution is 2.20. The lowest BCUT2D eigenvalue weighted by molar-refractivity contribution is -0.384. The average molecular weight is 306 g/mol. The molecule has 0 aliphatic carbocycles. The molecule has 8 heteroatoms. The van der Waals surface area contributed by atoms with Gasteiger partial charge in [0.2, 0.25) is 0 Å². The Morgan fingerprint density at radius 3 is 2.77 bits per heavy atom. The second-order valence-electron chi connectivity index (χ2n) is 4.69. The standard InChI is InChI=1S/C14H14N2O6/c1-2-9(7-17)15-13(18)11-6-8-5-10(16(20)21)3-4-12(8)22-14(11)19/h3-6,9,17H,2,7H2,1H3,(H,15,18)/t9-/m1/s1. The minimum Gasteiger partial charge on any atom is -0.422 e. The third kappa shape index (κ3) is 3.12. The van der Waals surface area contributed by atoms with Crippen LogP contribution in [0.2, 0.25) is 0 Å². The quantitative estimate of drug-likeness (QED) is 0.486. The van der Waals surface area contributed by atoms with Gasteiger partial charge in [-0.05, 0) is 18.6 Å². The summed E-state index contributed by atoms with van der Waals surface area (Å²) in [5, 5.41) is 22.6. The van der Waals surface area contributed by atoms with Crippen LogP contribution in [0, 0.1) is 10.1 Å². The molecule has 2 rings (SSSR count). The molecule has 1 atom stereocenters. The Hall–Kier alpha value is -2.74. The summed E-state index contributed by atoms with van der Waals surface area (Å²) in [6, 6.07) is 4.50. The van der Waals surface area contributed by atoms with Gasteiger partial charge in [-0.3, -0.25) is 14.9 Å². The molecule has 0 saturated carbocycles. The van der Waals surface area contributed by atoms with Crippen LogP contribution in [0.1, 0.15) is 23.7 Å². The van der Waals surface area contributed by atoms with E-state index in [4.69, 9.17) is 9.52 Å². The number of aliphatic hydroxyl groups excluding tert-OH is 1. The molecule has 0 unspecified atom stereocenters. The van der Waals surface area contributed by atoms with Crippen molar-refractivity contribution in [1.29, 1.82) is 0 Å². The zero-order valence-electron chi connectivity index (χ0n) is 11.7. The highest BCUT2D eigenvalue weighted by molar-refractivity contribution is 5.97. The van der Waals surface area contributed by atoms with Gasteiger partial charge in [0.25, 0.3) is 11.6 Å². The van der Waals surface area contributed by atoms with Crippen LogP contribution in [0.15, 0.2) is 33.5 Å². The van der Waals surface area contributed by atoms with Crippen molar-refractivity contribution < 1.29 is 19.2 Å². The number of carbonyl (C=O) groups is 1.